The van der Waals surface area contributed by atoms with E-state index in [1.54, 1.807) is 12.1 Å². The van der Waals surface area contributed by atoms with E-state index in [0.717, 1.165) is 18.7 Å². The molecule has 1 aliphatic rings. The van der Waals surface area contributed by atoms with Gasteiger partial charge < -0.3 is 5.84 Å². The predicted molar refractivity (Wildman–Crippen MR) is 73.1 cm³/mol. The van der Waals surface area contributed by atoms with Crippen LogP contribution in [-0.4, -0.2) is 14.9 Å². The molecule has 1 aliphatic carbocycles. The van der Waals surface area contributed by atoms with E-state index in [2.05, 4.69) is 10.2 Å². The van der Waals surface area contributed by atoms with E-state index in [-0.39, 0.29) is 5.82 Å². The summed E-state index contributed by atoms with van der Waals surface area (Å²) >= 11 is 7.31. The van der Waals surface area contributed by atoms with Gasteiger partial charge >= 0.3 is 0 Å². The number of rotatable bonds is 4. The maximum Gasteiger partial charge on any atom is 0.210 e. The fraction of sp³-hybridized carbons (Fsp3) is 0.333. The van der Waals surface area contributed by atoms with Crippen LogP contribution in [0.4, 0.5) is 4.39 Å². The second-order valence-electron chi connectivity index (χ2n) is 4.47. The maximum absolute atomic E-state index is 13.6. The molecule has 7 heteroatoms. The monoisotopic (exact) mass is 298 g/mol. The fourth-order valence-electron chi connectivity index (χ4n) is 1.81. The minimum Gasteiger partial charge on any atom is -0.336 e. The van der Waals surface area contributed by atoms with Crippen LogP contribution in [0, 0.1) is 5.82 Å². The number of aromatic nitrogens is 3. The molecule has 0 amide bonds. The molecule has 2 aromatic rings. The highest BCUT2D eigenvalue weighted by Gasteiger charge is 2.29. The molecule has 1 fully saturated rings. The summed E-state index contributed by atoms with van der Waals surface area (Å²) in [5, 5.41) is 9.11. The lowest BCUT2D eigenvalue weighted by Gasteiger charge is -2.05. The Kier molecular flexibility index (Phi) is 3.36. The van der Waals surface area contributed by atoms with Gasteiger partial charge in [0.1, 0.15) is 5.82 Å². The van der Waals surface area contributed by atoms with Crippen LogP contribution in [0.1, 0.15) is 30.1 Å². The van der Waals surface area contributed by atoms with E-state index in [9.17, 15) is 4.39 Å². The third kappa shape index (κ3) is 2.55. The van der Waals surface area contributed by atoms with Crippen molar-refractivity contribution in [3.8, 4) is 0 Å². The zero-order valence-electron chi connectivity index (χ0n) is 10.0. The smallest absolute Gasteiger partial charge is 0.210 e. The first-order chi connectivity index (χ1) is 9.16. The van der Waals surface area contributed by atoms with E-state index in [1.165, 1.54) is 22.5 Å². The number of thioether (sulfide) groups is 1. The largest absolute Gasteiger partial charge is 0.336 e. The summed E-state index contributed by atoms with van der Waals surface area (Å²) in [6.07, 6.45) is 2.22. The zero-order chi connectivity index (χ0) is 13.4. The van der Waals surface area contributed by atoms with E-state index >= 15 is 0 Å². The Labute approximate surface area is 119 Å². The molecule has 0 saturated heterocycles. The maximum atomic E-state index is 13.6. The Morgan fingerprint density at radius 2 is 2.21 bits per heavy atom. The molecule has 100 valence electrons. The van der Waals surface area contributed by atoms with Crippen molar-refractivity contribution >= 4 is 23.4 Å². The summed E-state index contributed by atoms with van der Waals surface area (Å²) in [7, 11) is 0. The normalized spacial score (nSPS) is 14.8. The molecular weight excluding hydrogens is 287 g/mol. The van der Waals surface area contributed by atoms with Crippen LogP contribution in [-0.2, 0) is 5.75 Å². The molecule has 3 rings (SSSR count). The molecule has 0 spiro atoms. The number of benzene rings is 1. The van der Waals surface area contributed by atoms with Crippen molar-refractivity contribution in [2.75, 3.05) is 5.84 Å². The SMILES string of the molecule is Nn1c(SCc2c(F)cccc2Cl)nnc1C1CC1. The molecule has 1 heterocycles. The second kappa shape index (κ2) is 5.02. The zero-order valence-corrected chi connectivity index (χ0v) is 11.6. The van der Waals surface area contributed by atoms with Crippen LogP contribution in [0.2, 0.25) is 5.02 Å². The molecule has 2 N–H and O–H groups in total. The van der Waals surface area contributed by atoms with Gasteiger partial charge in [0.25, 0.3) is 0 Å². The Morgan fingerprint density at radius 3 is 2.89 bits per heavy atom. The summed E-state index contributed by atoms with van der Waals surface area (Å²) in [6, 6.07) is 4.65. The molecule has 19 heavy (non-hydrogen) atoms. The summed E-state index contributed by atoms with van der Waals surface area (Å²) in [5.74, 6) is 7.24. The Balaban J connectivity index is 1.75. The minimum absolute atomic E-state index is 0.314. The standard InChI is InChI=1S/C12H12ClFN4S/c13-9-2-1-3-10(14)8(9)6-19-12-17-16-11(18(12)15)7-4-5-7/h1-3,7H,4-6,15H2. The summed E-state index contributed by atoms with van der Waals surface area (Å²) in [6.45, 7) is 0. The highest BCUT2D eigenvalue weighted by Crippen LogP contribution is 2.39. The van der Waals surface area contributed by atoms with Gasteiger partial charge in [-0.15, -0.1) is 10.2 Å². The van der Waals surface area contributed by atoms with Gasteiger partial charge in [0.2, 0.25) is 5.16 Å². The van der Waals surface area contributed by atoms with Crippen molar-refractivity contribution in [2.45, 2.75) is 29.7 Å². The molecule has 0 unspecified atom stereocenters. The van der Waals surface area contributed by atoms with E-state index < -0.39 is 0 Å². The molecule has 1 aromatic heterocycles. The number of nitrogens with zero attached hydrogens (tertiary/aromatic N) is 3. The fourth-order valence-corrected chi connectivity index (χ4v) is 3.02. The van der Waals surface area contributed by atoms with Crippen molar-refractivity contribution in [3.05, 3.63) is 40.4 Å². The van der Waals surface area contributed by atoms with Gasteiger partial charge in [-0.1, -0.05) is 29.4 Å². The van der Waals surface area contributed by atoms with Crippen LogP contribution in [0.25, 0.3) is 0 Å². The number of nitrogen functional groups attached to an aromatic ring is 1. The first-order valence-electron chi connectivity index (χ1n) is 5.93. The lowest BCUT2D eigenvalue weighted by molar-refractivity contribution is 0.617. The third-order valence-electron chi connectivity index (χ3n) is 3.04. The lowest BCUT2D eigenvalue weighted by atomic mass is 10.2. The van der Waals surface area contributed by atoms with Gasteiger partial charge in [0.15, 0.2) is 5.82 Å². The molecule has 0 atom stereocenters. The minimum atomic E-state index is -0.314. The van der Waals surface area contributed by atoms with Gasteiger partial charge in [-0.25, -0.2) is 9.07 Å². The number of nitrogens with two attached hydrogens (primary N) is 1. The van der Waals surface area contributed by atoms with Crippen LogP contribution in [0.5, 0.6) is 0 Å². The average molecular weight is 299 g/mol. The topological polar surface area (TPSA) is 56.7 Å². The molecule has 0 radical (unpaired) electrons. The van der Waals surface area contributed by atoms with E-state index in [1.807, 2.05) is 0 Å². The summed E-state index contributed by atoms with van der Waals surface area (Å²) < 4.78 is 15.1. The Morgan fingerprint density at radius 1 is 1.42 bits per heavy atom. The van der Waals surface area contributed by atoms with Crippen molar-refractivity contribution < 1.29 is 4.39 Å². The van der Waals surface area contributed by atoms with Crippen molar-refractivity contribution in [2.24, 2.45) is 0 Å². The van der Waals surface area contributed by atoms with Crippen molar-refractivity contribution in [1.29, 1.82) is 0 Å². The van der Waals surface area contributed by atoms with Gasteiger partial charge in [-0.2, -0.15) is 0 Å². The molecule has 1 aromatic carbocycles. The predicted octanol–water partition coefficient (Wildman–Crippen LogP) is 2.95. The number of halogens is 2. The molecule has 0 bridgehead atoms. The van der Waals surface area contributed by atoms with Gasteiger partial charge in [-0.05, 0) is 25.0 Å². The van der Waals surface area contributed by atoms with E-state index in [0.29, 0.717) is 27.4 Å². The molecule has 1 saturated carbocycles. The highest BCUT2D eigenvalue weighted by atomic mass is 35.5. The number of hydrogen-bond donors (Lipinski definition) is 1. The average Bonchev–Trinajstić information content (AvgIpc) is 3.15. The molecular formula is C12H12ClFN4S. The van der Waals surface area contributed by atoms with Crippen LogP contribution < -0.4 is 5.84 Å². The number of hydrogen-bond acceptors (Lipinski definition) is 4. The second-order valence-corrected chi connectivity index (χ2v) is 5.82. The quantitative estimate of drug-likeness (QED) is 0.696. The van der Waals surface area contributed by atoms with Gasteiger partial charge in [-0.3, -0.25) is 0 Å². The lowest BCUT2D eigenvalue weighted by Crippen LogP contribution is -2.13. The van der Waals surface area contributed by atoms with Crippen LogP contribution in [0.3, 0.4) is 0 Å². The summed E-state index contributed by atoms with van der Waals surface area (Å²) in [4.78, 5) is 0. The highest BCUT2D eigenvalue weighted by molar-refractivity contribution is 7.98. The molecule has 4 nitrogen and oxygen atoms in total. The van der Waals surface area contributed by atoms with Crippen LogP contribution >= 0.6 is 23.4 Å². The first-order valence-corrected chi connectivity index (χ1v) is 7.29. The van der Waals surface area contributed by atoms with Crippen LogP contribution in [0.15, 0.2) is 23.4 Å². The summed E-state index contributed by atoms with van der Waals surface area (Å²) in [5.41, 5.74) is 0.463. The third-order valence-corrected chi connectivity index (χ3v) is 4.36. The Bertz CT molecular complexity index is 592. The first kappa shape index (κ1) is 12.7. The molecule has 0 aliphatic heterocycles. The van der Waals surface area contributed by atoms with Gasteiger partial charge in [0.05, 0.1) is 0 Å². The van der Waals surface area contributed by atoms with Crippen molar-refractivity contribution in [1.82, 2.24) is 14.9 Å². The van der Waals surface area contributed by atoms with Gasteiger partial charge in [0, 0.05) is 22.3 Å². The Hall–Kier alpha value is -1.27. The van der Waals surface area contributed by atoms with E-state index in [4.69, 9.17) is 17.4 Å². The van der Waals surface area contributed by atoms with Crippen molar-refractivity contribution in [3.63, 3.8) is 0 Å².